The van der Waals surface area contributed by atoms with Crippen LogP contribution in [0.4, 0.5) is 18.9 Å². The SMILES string of the molecule is N#CC(C#N)=CNc1c(Br)cc(OC(F)(F)F)cc1Br. The van der Waals surface area contributed by atoms with Gasteiger partial charge in [-0.25, -0.2) is 0 Å². The summed E-state index contributed by atoms with van der Waals surface area (Å²) >= 11 is 6.13. The van der Waals surface area contributed by atoms with E-state index in [-0.39, 0.29) is 14.5 Å². The molecule has 4 nitrogen and oxygen atoms in total. The van der Waals surface area contributed by atoms with Crippen molar-refractivity contribution in [3.63, 3.8) is 0 Å². The fraction of sp³-hybridized carbons (Fsp3) is 0.0909. The number of anilines is 1. The average Bonchev–Trinajstić information content (AvgIpc) is 2.30. The summed E-state index contributed by atoms with van der Waals surface area (Å²) in [4.78, 5) is 0. The summed E-state index contributed by atoms with van der Waals surface area (Å²) in [6.07, 6.45) is -3.66. The van der Waals surface area contributed by atoms with Gasteiger partial charge in [0.1, 0.15) is 23.5 Å². The van der Waals surface area contributed by atoms with Gasteiger partial charge in [0, 0.05) is 15.1 Å². The number of hydrogen-bond acceptors (Lipinski definition) is 4. The third-order valence-electron chi connectivity index (χ3n) is 1.85. The molecule has 0 aromatic heterocycles. The van der Waals surface area contributed by atoms with E-state index in [1.54, 1.807) is 12.1 Å². The highest BCUT2D eigenvalue weighted by Gasteiger charge is 2.31. The first-order valence-corrected chi connectivity index (χ1v) is 6.37. The van der Waals surface area contributed by atoms with Crippen LogP contribution >= 0.6 is 31.9 Å². The molecule has 0 aliphatic carbocycles. The molecule has 1 aromatic carbocycles. The summed E-state index contributed by atoms with van der Waals surface area (Å²) in [7, 11) is 0. The van der Waals surface area contributed by atoms with Gasteiger partial charge in [-0.05, 0) is 44.0 Å². The van der Waals surface area contributed by atoms with Crippen LogP contribution < -0.4 is 10.1 Å². The molecule has 0 heterocycles. The zero-order valence-corrected chi connectivity index (χ0v) is 12.6. The van der Waals surface area contributed by atoms with Crippen molar-refractivity contribution in [2.45, 2.75) is 6.36 Å². The Hall–Kier alpha value is -1.71. The van der Waals surface area contributed by atoms with Crippen LogP contribution in [0.2, 0.25) is 0 Å². The van der Waals surface area contributed by atoms with Gasteiger partial charge in [0.25, 0.3) is 0 Å². The van der Waals surface area contributed by atoms with E-state index in [0.717, 1.165) is 18.3 Å². The topological polar surface area (TPSA) is 68.8 Å². The Kier molecular flexibility index (Phi) is 5.43. The molecule has 0 aliphatic heterocycles. The molecule has 0 amide bonds. The summed E-state index contributed by atoms with van der Waals surface area (Å²) in [6, 6.07) is 5.48. The highest BCUT2D eigenvalue weighted by molar-refractivity contribution is 9.11. The van der Waals surface area contributed by atoms with Crippen molar-refractivity contribution >= 4 is 37.5 Å². The smallest absolute Gasteiger partial charge is 0.406 e. The van der Waals surface area contributed by atoms with Crippen LogP contribution in [-0.2, 0) is 0 Å². The lowest BCUT2D eigenvalue weighted by molar-refractivity contribution is -0.274. The van der Waals surface area contributed by atoms with Gasteiger partial charge < -0.3 is 10.1 Å². The number of halogens is 5. The first-order chi connectivity index (χ1) is 9.26. The Morgan fingerprint density at radius 3 is 2.10 bits per heavy atom. The highest BCUT2D eigenvalue weighted by atomic mass is 79.9. The molecule has 9 heteroatoms. The van der Waals surface area contributed by atoms with Gasteiger partial charge in [0.2, 0.25) is 0 Å². The summed E-state index contributed by atoms with van der Waals surface area (Å²) in [5.41, 5.74) is 0.168. The van der Waals surface area contributed by atoms with E-state index < -0.39 is 12.1 Å². The standard InChI is InChI=1S/C11H4Br2F3N3O/c12-8-1-7(20-11(14,15)16)2-9(13)10(8)19-5-6(3-17)4-18/h1-2,5,19H. The molecule has 0 saturated heterocycles. The molecule has 1 N–H and O–H groups in total. The Balaban J connectivity index is 3.05. The Bertz CT molecular complexity index is 590. The van der Waals surface area contributed by atoms with Crippen molar-refractivity contribution in [3.05, 3.63) is 32.9 Å². The van der Waals surface area contributed by atoms with Gasteiger partial charge in [-0.1, -0.05) is 0 Å². The van der Waals surface area contributed by atoms with Crippen molar-refractivity contribution in [3.8, 4) is 17.9 Å². The minimum atomic E-state index is -4.79. The second-order valence-corrected chi connectivity index (χ2v) is 4.94. The Morgan fingerprint density at radius 2 is 1.70 bits per heavy atom. The number of hydrogen-bond donors (Lipinski definition) is 1. The maximum Gasteiger partial charge on any atom is 0.573 e. The Morgan fingerprint density at radius 1 is 1.20 bits per heavy atom. The highest BCUT2D eigenvalue weighted by Crippen LogP contribution is 2.37. The fourth-order valence-electron chi connectivity index (χ4n) is 1.11. The molecule has 0 spiro atoms. The zero-order valence-electron chi connectivity index (χ0n) is 9.42. The predicted molar refractivity (Wildman–Crippen MR) is 71.5 cm³/mol. The van der Waals surface area contributed by atoms with Crippen molar-refractivity contribution in [2.75, 3.05) is 5.32 Å². The monoisotopic (exact) mass is 409 g/mol. The van der Waals surface area contributed by atoms with Gasteiger partial charge in [0.15, 0.2) is 0 Å². The normalized spacial score (nSPS) is 10.2. The second kappa shape index (κ2) is 6.64. The molecular weight excluding hydrogens is 407 g/mol. The van der Waals surface area contributed by atoms with Gasteiger partial charge in [-0.2, -0.15) is 10.5 Å². The van der Waals surface area contributed by atoms with Crippen LogP contribution in [0.25, 0.3) is 0 Å². The quantitative estimate of drug-likeness (QED) is 0.747. The van der Waals surface area contributed by atoms with Crippen LogP contribution in [0.15, 0.2) is 32.9 Å². The van der Waals surface area contributed by atoms with Gasteiger partial charge >= 0.3 is 6.36 Å². The van der Waals surface area contributed by atoms with Crippen LogP contribution in [0.5, 0.6) is 5.75 Å². The number of nitriles is 2. The third kappa shape index (κ3) is 4.76. The zero-order chi connectivity index (χ0) is 15.3. The molecular formula is C11H4Br2F3N3O. The maximum absolute atomic E-state index is 12.1. The number of nitrogens with zero attached hydrogens (tertiary/aromatic N) is 2. The van der Waals surface area contributed by atoms with Crippen molar-refractivity contribution in [1.82, 2.24) is 0 Å². The molecule has 20 heavy (non-hydrogen) atoms. The molecule has 0 fully saturated rings. The molecule has 0 saturated carbocycles. The van der Waals surface area contributed by atoms with E-state index in [9.17, 15) is 13.2 Å². The van der Waals surface area contributed by atoms with Gasteiger partial charge in [-0.15, -0.1) is 13.2 Å². The molecule has 0 aliphatic rings. The van der Waals surface area contributed by atoms with Crippen molar-refractivity contribution in [1.29, 1.82) is 10.5 Å². The molecule has 1 aromatic rings. The molecule has 1 rings (SSSR count). The average molecular weight is 411 g/mol. The summed E-state index contributed by atoms with van der Waals surface area (Å²) in [5, 5.41) is 19.8. The van der Waals surface area contributed by atoms with Gasteiger partial charge in [-0.3, -0.25) is 0 Å². The fourth-order valence-corrected chi connectivity index (χ4v) is 2.49. The van der Waals surface area contributed by atoms with Gasteiger partial charge in [0.05, 0.1) is 5.69 Å². The lowest BCUT2D eigenvalue weighted by atomic mass is 10.3. The predicted octanol–water partition coefficient (Wildman–Crippen LogP) is 4.45. The minimum absolute atomic E-state index is 0.181. The minimum Gasteiger partial charge on any atom is -0.406 e. The molecule has 104 valence electrons. The number of alkyl halides is 3. The van der Waals surface area contributed by atoms with Crippen LogP contribution in [0.3, 0.4) is 0 Å². The summed E-state index contributed by atoms with van der Waals surface area (Å²) in [6.45, 7) is 0. The molecule has 0 radical (unpaired) electrons. The van der Waals surface area contributed by atoms with E-state index in [1.807, 2.05) is 0 Å². The lowest BCUT2D eigenvalue weighted by Crippen LogP contribution is -2.17. The van der Waals surface area contributed by atoms with E-state index in [4.69, 9.17) is 10.5 Å². The van der Waals surface area contributed by atoms with E-state index in [2.05, 4.69) is 41.9 Å². The van der Waals surface area contributed by atoms with Crippen LogP contribution in [-0.4, -0.2) is 6.36 Å². The molecule has 0 atom stereocenters. The van der Waals surface area contributed by atoms with Crippen LogP contribution in [0, 0.1) is 22.7 Å². The largest absolute Gasteiger partial charge is 0.573 e. The molecule has 0 unspecified atom stereocenters. The maximum atomic E-state index is 12.1. The number of nitrogens with one attached hydrogen (secondary N) is 1. The van der Waals surface area contributed by atoms with E-state index >= 15 is 0 Å². The number of ether oxygens (including phenoxy) is 1. The van der Waals surface area contributed by atoms with E-state index in [1.165, 1.54) is 0 Å². The number of allylic oxidation sites excluding steroid dienone is 1. The second-order valence-electron chi connectivity index (χ2n) is 3.24. The first-order valence-electron chi connectivity index (χ1n) is 4.78. The Labute approximate surface area is 128 Å². The van der Waals surface area contributed by atoms with E-state index in [0.29, 0.717) is 5.69 Å². The summed E-state index contributed by atoms with van der Waals surface area (Å²) < 4.78 is 40.6. The third-order valence-corrected chi connectivity index (χ3v) is 3.10. The number of rotatable bonds is 3. The first kappa shape index (κ1) is 16.3. The molecule has 0 bridgehead atoms. The summed E-state index contributed by atoms with van der Waals surface area (Å²) in [5.74, 6) is -0.411. The van der Waals surface area contributed by atoms with Crippen LogP contribution in [0.1, 0.15) is 0 Å². The van der Waals surface area contributed by atoms with Crippen molar-refractivity contribution in [2.24, 2.45) is 0 Å². The van der Waals surface area contributed by atoms with Crippen molar-refractivity contribution < 1.29 is 17.9 Å². The number of benzene rings is 1. The lowest BCUT2D eigenvalue weighted by Gasteiger charge is -2.12.